The van der Waals surface area contributed by atoms with Crippen LogP contribution < -0.4 is 19.3 Å². The van der Waals surface area contributed by atoms with Gasteiger partial charge in [0.1, 0.15) is 12.7 Å². The quantitative estimate of drug-likeness (QED) is 0.823. The van der Waals surface area contributed by atoms with E-state index in [1.807, 2.05) is 25.1 Å². The van der Waals surface area contributed by atoms with Crippen LogP contribution in [0, 0.1) is 6.92 Å². The fraction of sp³-hybridized carbons (Fsp3) is 0.400. The van der Waals surface area contributed by atoms with Gasteiger partial charge in [-0.1, -0.05) is 6.07 Å². The molecule has 1 heterocycles. The minimum Gasteiger partial charge on any atom is -0.486 e. The Balaban J connectivity index is 0.00000162. The maximum Gasteiger partial charge on any atom is 0.274 e. The molecule has 0 radical (unpaired) electrons. The maximum absolute atomic E-state index is 10.7. The molecule has 0 aromatic heterocycles. The normalized spacial score (nSPS) is 18.0. The van der Waals surface area contributed by atoms with Gasteiger partial charge >= 0.3 is 0 Å². The zero-order valence-electron chi connectivity index (χ0n) is 9.84. The standard InChI is InChI=1S/C10H14N2O4S.H2S/c1-7-2-3-9-10(4-7)16-8(6-15-9)5-12-17(11,13)14;/h2-4,8,12H,5-6H2,1H3,(H2,11,13,14);1H2/t8-;/m0./s1. The Labute approximate surface area is 113 Å². The van der Waals surface area contributed by atoms with Crippen molar-refractivity contribution in [1.29, 1.82) is 0 Å². The molecule has 1 aliphatic rings. The van der Waals surface area contributed by atoms with E-state index in [1.165, 1.54) is 0 Å². The second-order valence-corrected chi connectivity index (χ2v) is 5.27. The van der Waals surface area contributed by atoms with Gasteiger partial charge in [-0.2, -0.15) is 26.6 Å². The highest BCUT2D eigenvalue weighted by Crippen LogP contribution is 2.32. The van der Waals surface area contributed by atoms with E-state index >= 15 is 0 Å². The topological polar surface area (TPSA) is 90.6 Å². The lowest BCUT2D eigenvalue weighted by Gasteiger charge is -2.26. The fourth-order valence-corrected chi connectivity index (χ4v) is 1.95. The Kier molecular flexibility index (Phi) is 4.85. The van der Waals surface area contributed by atoms with E-state index in [-0.39, 0.29) is 26.1 Å². The van der Waals surface area contributed by atoms with E-state index in [4.69, 9.17) is 14.6 Å². The van der Waals surface area contributed by atoms with E-state index in [0.29, 0.717) is 18.1 Å². The summed E-state index contributed by atoms with van der Waals surface area (Å²) >= 11 is 0. The number of aryl methyl sites for hydroxylation is 1. The molecule has 2 rings (SSSR count). The number of benzene rings is 1. The van der Waals surface area contributed by atoms with Gasteiger partial charge in [0, 0.05) is 0 Å². The third kappa shape index (κ3) is 4.05. The molecule has 0 unspecified atom stereocenters. The minimum absolute atomic E-state index is 0. The average Bonchev–Trinajstić information content (AvgIpc) is 2.24. The molecule has 1 aromatic carbocycles. The molecule has 0 bridgehead atoms. The summed E-state index contributed by atoms with van der Waals surface area (Å²) in [6.07, 6.45) is -0.373. The second kappa shape index (κ2) is 5.79. The first-order chi connectivity index (χ1) is 7.94. The first-order valence-electron chi connectivity index (χ1n) is 5.11. The summed E-state index contributed by atoms with van der Waals surface area (Å²) in [6, 6.07) is 5.59. The van der Waals surface area contributed by atoms with Crippen LogP contribution in [0.3, 0.4) is 0 Å². The lowest BCUT2D eigenvalue weighted by Crippen LogP contribution is -2.42. The Hall–Kier alpha value is -0.960. The monoisotopic (exact) mass is 292 g/mol. The molecule has 18 heavy (non-hydrogen) atoms. The van der Waals surface area contributed by atoms with Crippen LogP contribution in [0.2, 0.25) is 0 Å². The second-order valence-electron chi connectivity index (χ2n) is 3.89. The molecule has 6 nitrogen and oxygen atoms in total. The summed E-state index contributed by atoms with van der Waals surface area (Å²) in [4.78, 5) is 0. The maximum atomic E-state index is 10.7. The zero-order valence-corrected chi connectivity index (χ0v) is 11.7. The summed E-state index contributed by atoms with van der Waals surface area (Å²) in [5.41, 5.74) is 1.05. The Morgan fingerprint density at radius 1 is 1.44 bits per heavy atom. The lowest BCUT2D eigenvalue weighted by molar-refractivity contribution is 0.0942. The van der Waals surface area contributed by atoms with E-state index < -0.39 is 10.2 Å². The van der Waals surface area contributed by atoms with Gasteiger partial charge in [0.05, 0.1) is 6.54 Å². The van der Waals surface area contributed by atoms with Gasteiger partial charge in [-0.15, -0.1) is 0 Å². The van der Waals surface area contributed by atoms with Gasteiger partial charge in [0.2, 0.25) is 0 Å². The molecule has 3 N–H and O–H groups in total. The molecule has 102 valence electrons. The third-order valence-electron chi connectivity index (χ3n) is 2.33. The number of hydrogen-bond donors (Lipinski definition) is 2. The number of rotatable bonds is 3. The highest BCUT2D eigenvalue weighted by molar-refractivity contribution is 7.87. The summed E-state index contributed by atoms with van der Waals surface area (Å²) < 4.78 is 34.7. The molecular weight excluding hydrogens is 276 g/mol. The lowest BCUT2D eigenvalue weighted by atomic mass is 10.2. The van der Waals surface area contributed by atoms with Gasteiger partial charge in [-0.05, 0) is 24.6 Å². The van der Waals surface area contributed by atoms with Crippen molar-refractivity contribution in [2.75, 3.05) is 13.2 Å². The number of hydrogen-bond acceptors (Lipinski definition) is 4. The Bertz CT molecular complexity index is 519. The third-order valence-corrected chi connectivity index (χ3v) is 2.90. The highest BCUT2D eigenvalue weighted by Gasteiger charge is 2.21. The molecule has 1 aliphatic heterocycles. The summed E-state index contributed by atoms with van der Waals surface area (Å²) in [5, 5.41) is 4.84. The Morgan fingerprint density at radius 2 is 2.17 bits per heavy atom. The van der Waals surface area contributed by atoms with Crippen LogP contribution in [-0.2, 0) is 10.2 Å². The van der Waals surface area contributed by atoms with E-state index in [1.54, 1.807) is 0 Å². The molecule has 0 spiro atoms. The van der Waals surface area contributed by atoms with Crippen molar-refractivity contribution in [3.63, 3.8) is 0 Å². The van der Waals surface area contributed by atoms with Crippen molar-refractivity contribution in [2.24, 2.45) is 5.14 Å². The number of fused-ring (bicyclic) bond motifs is 1. The number of nitrogens with two attached hydrogens (primary N) is 1. The molecule has 0 fully saturated rings. The van der Waals surface area contributed by atoms with Crippen LogP contribution in [0.15, 0.2) is 18.2 Å². The first kappa shape index (κ1) is 15.1. The summed E-state index contributed by atoms with van der Waals surface area (Å²) in [6.45, 7) is 2.32. The van der Waals surface area contributed by atoms with Crippen LogP contribution in [-0.4, -0.2) is 27.7 Å². The molecular formula is C10H16N2O4S2. The summed E-state index contributed by atoms with van der Waals surface area (Å²) in [7, 11) is -3.69. The van der Waals surface area contributed by atoms with Crippen LogP contribution in [0.1, 0.15) is 5.56 Å². The molecule has 0 aliphatic carbocycles. The van der Waals surface area contributed by atoms with E-state index in [9.17, 15) is 8.42 Å². The largest absolute Gasteiger partial charge is 0.486 e. The van der Waals surface area contributed by atoms with Crippen molar-refractivity contribution in [2.45, 2.75) is 13.0 Å². The van der Waals surface area contributed by atoms with Crippen molar-refractivity contribution in [3.05, 3.63) is 23.8 Å². The van der Waals surface area contributed by atoms with Crippen LogP contribution in [0.5, 0.6) is 11.5 Å². The van der Waals surface area contributed by atoms with Gasteiger partial charge in [0.15, 0.2) is 11.5 Å². The number of ether oxygens (including phenoxy) is 2. The van der Waals surface area contributed by atoms with Crippen molar-refractivity contribution >= 4 is 23.7 Å². The van der Waals surface area contributed by atoms with Crippen LogP contribution >= 0.6 is 13.5 Å². The highest BCUT2D eigenvalue weighted by atomic mass is 32.2. The van der Waals surface area contributed by atoms with Gasteiger partial charge in [0.25, 0.3) is 10.2 Å². The molecule has 1 aromatic rings. The molecule has 0 saturated carbocycles. The minimum atomic E-state index is -3.69. The van der Waals surface area contributed by atoms with Gasteiger partial charge in [-0.3, -0.25) is 0 Å². The molecule has 0 saturated heterocycles. The summed E-state index contributed by atoms with van der Waals surface area (Å²) in [5.74, 6) is 1.29. The van der Waals surface area contributed by atoms with Crippen molar-refractivity contribution in [3.8, 4) is 11.5 Å². The predicted octanol–water partition coefficient (Wildman–Crippen LogP) is 0.0407. The molecule has 1 atom stereocenters. The SMILES string of the molecule is Cc1ccc2c(c1)O[C@@H](CNS(N)(=O)=O)CO2.S. The van der Waals surface area contributed by atoms with Gasteiger partial charge < -0.3 is 9.47 Å². The van der Waals surface area contributed by atoms with E-state index in [2.05, 4.69) is 4.72 Å². The van der Waals surface area contributed by atoms with Gasteiger partial charge in [-0.25, -0.2) is 5.14 Å². The average molecular weight is 292 g/mol. The van der Waals surface area contributed by atoms with Crippen molar-refractivity contribution in [1.82, 2.24) is 4.72 Å². The fourth-order valence-electron chi connectivity index (χ4n) is 1.53. The van der Waals surface area contributed by atoms with Crippen LogP contribution in [0.25, 0.3) is 0 Å². The van der Waals surface area contributed by atoms with Crippen molar-refractivity contribution < 1.29 is 17.9 Å². The van der Waals surface area contributed by atoms with Crippen LogP contribution in [0.4, 0.5) is 0 Å². The molecule has 8 heteroatoms. The number of nitrogens with one attached hydrogen (secondary N) is 1. The first-order valence-corrected chi connectivity index (χ1v) is 6.66. The zero-order chi connectivity index (χ0) is 12.5. The Morgan fingerprint density at radius 3 is 2.83 bits per heavy atom. The molecule has 0 amide bonds. The van der Waals surface area contributed by atoms with E-state index in [0.717, 1.165) is 5.56 Å². The predicted molar refractivity (Wildman–Crippen MR) is 72.6 cm³/mol. The smallest absolute Gasteiger partial charge is 0.274 e.